The number of hydrogen-bond acceptors (Lipinski definition) is 3. The number of aliphatic hydroxyl groups excluding tert-OH is 1. The number of hydrogen-bond donors (Lipinski definition) is 1. The van der Waals surface area contributed by atoms with Crippen LogP contribution in [0.2, 0.25) is 0 Å². The number of rotatable bonds is 2. The molecule has 2 aliphatic rings. The Morgan fingerprint density at radius 2 is 2.05 bits per heavy atom. The van der Waals surface area contributed by atoms with E-state index in [1.165, 1.54) is 0 Å². The monoisotopic (exact) mass is 263 g/mol. The molecular formula is C14H21N3O2. The van der Waals surface area contributed by atoms with Crippen molar-refractivity contribution in [2.24, 2.45) is 7.05 Å². The number of nitrogens with zero attached hydrogens (tertiary/aromatic N) is 3. The van der Waals surface area contributed by atoms with Crippen LogP contribution in [0.3, 0.4) is 0 Å². The molecule has 1 amide bonds. The van der Waals surface area contributed by atoms with Crippen molar-refractivity contribution in [3.05, 3.63) is 17.5 Å². The molecule has 2 atom stereocenters. The zero-order valence-corrected chi connectivity index (χ0v) is 11.5. The van der Waals surface area contributed by atoms with Gasteiger partial charge in [0.15, 0.2) is 0 Å². The Bertz CT molecular complexity index is 483. The average molecular weight is 263 g/mol. The number of aryl methyl sites for hydroxylation is 2. The average Bonchev–Trinajstić information content (AvgIpc) is 2.87. The van der Waals surface area contributed by atoms with Gasteiger partial charge in [-0.2, -0.15) is 5.10 Å². The molecule has 0 aromatic carbocycles. The van der Waals surface area contributed by atoms with E-state index in [1.807, 2.05) is 25.1 Å². The fourth-order valence-corrected chi connectivity index (χ4v) is 3.59. The van der Waals surface area contributed by atoms with Crippen molar-refractivity contribution < 1.29 is 9.90 Å². The van der Waals surface area contributed by atoms with Crippen molar-refractivity contribution in [1.29, 1.82) is 0 Å². The van der Waals surface area contributed by atoms with Gasteiger partial charge in [0.1, 0.15) is 0 Å². The van der Waals surface area contributed by atoms with Crippen LogP contribution in [0.1, 0.15) is 48.7 Å². The number of aromatic nitrogens is 2. The van der Waals surface area contributed by atoms with Gasteiger partial charge in [0.25, 0.3) is 5.91 Å². The Labute approximate surface area is 113 Å². The molecule has 1 N–H and O–H groups in total. The summed E-state index contributed by atoms with van der Waals surface area (Å²) in [5, 5.41) is 14.2. The fourth-order valence-electron chi connectivity index (χ4n) is 3.59. The van der Waals surface area contributed by atoms with Crippen LogP contribution in [0.4, 0.5) is 0 Å². The van der Waals surface area contributed by atoms with Gasteiger partial charge in [-0.25, -0.2) is 0 Å². The van der Waals surface area contributed by atoms with Crippen molar-refractivity contribution in [1.82, 2.24) is 14.7 Å². The highest BCUT2D eigenvalue weighted by molar-refractivity contribution is 5.95. The van der Waals surface area contributed by atoms with Crippen LogP contribution < -0.4 is 0 Å². The smallest absolute Gasteiger partial charge is 0.257 e. The molecule has 2 saturated heterocycles. The zero-order chi connectivity index (χ0) is 13.6. The first-order valence-electron chi connectivity index (χ1n) is 7.13. The van der Waals surface area contributed by atoms with Gasteiger partial charge in [-0.15, -0.1) is 0 Å². The summed E-state index contributed by atoms with van der Waals surface area (Å²) in [6.07, 6.45) is 5.86. The molecule has 0 radical (unpaired) electrons. The third-order valence-electron chi connectivity index (χ3n) is 4.41. The lowest BCUT2D eigenvalue weighted by Gasteiger charge is -2.37. The number of piperidine rings is 1. The second-order valence-electron chi connectivity index (χ2n) is 5.74. The standard InChI is InChI=1S/C14H21N3O2/c1-3-13-12(8-16(2)15-13)14(19)17-9-4-5-10(17)7-11(18)6-9/h8-11,18H,3-7H2,1-2H3. The first-order valence-corrected chi connectivity index (χ1v) is 7.13. The van der Waals surface area contributed by atoms with Gasteiger partial charge in [0, 0.05) is 25.3 Å². The zero-order valence-electron chi connectivity index (χ0n) is 11.5. The lowest BCUT2D eigenvalue weighted by molar-refractivity contribution is 0.0286. The van der Waals surface area contributed by atoms with E-state index in [-0.39, 0.29) is 24.1 Å². The molecule has 0 aliphatic carbocycles. The molecule has 2 bridgehead atoms. The van der Waals surface area contributed by atoms with E-state index in [0.29, 0.717) is 0 Å². The molecule has 2 fully saturated rings. The van der Waals surface area contributed by atoms with E-state index in [9.17, 15) is 9.90 Å². The van der Waals surface area contributed by atoms with E-state index in [0.717, 1.165) is 43.4 Å². The molecule has 2 unspecified atom stereocenters. The summed E-state index contributed by atoms with van der Waals surface area (Å²) in [5.74, 6) is 0.101. The number of amides is 1. The number of carbonyl (C=O) groups excluding carboxylic acids is 1. The predicted octanol–water partition coefficient (Wildman–Crippen LogP) is 1.11. The summed E-state index contributed by atoms with van der Waals surface area (Å²) in [6, 6.07) is 0.428. The molecule has 3 rings (SSSR count). The SMILES string of the molecule is CCc1nn(C)cc1C(=O)N1C2CCC1CC(O)C2. The summed E-state index contributed by atoms with van der Waals surface area (Å²) < 4.78 is 1.72. The maximum absolute atomic E-state index is 12.8. The van der Waals surface area contributed by atoms with Gasteiger partial charge >= 0.3 is 0 Å². The van der Waals surface area contributed by atoms with Gasteiger partial charge in [-0.05, 0) is 32.1 Å². The van der Waals surface area contributed by atoms with Crippen LogP contribution in [0.5, 0.6) is 0 Å². The highest BCUT2D eigenvalue weighted by Crippen LogP contribution is 2.37. The highest BCUT2D eigenvalue weighted by atomic mass is 16.3. The van der Waals surface area contributed by atoms with E-state index >= 15 is 0 Å². The number of fused-ring (bicyclic) bond motifs is 2. The van der Waals surface area contributed by atoms with Crippen LogP contribution in [0.25, 0.3) is 0 Å². The van der Waals surface area contributed by atoms with Crippen molar-refractivity contribution in [2.75, 3.05) is 0 Å². The summed E-state index contributed by atoms with van der Waals surface area (Å²) in [6.45, 7) is 2.02. The van der Waals surface area contributed by atoms with Crippen LogP contribution in [0, 0.1) is 0 Å². The molecule has 5 heteroatoms. The summed E-state index contributed by atoms with van der Waals surface area (Å²) in [7, 11) is 1.85. The van der Waals surface area contributed by atoms with Crippen LogP contribution in [-0.2, 0) is 13.5 Å². The van der Waals surface area contributed by atoms with Crippen LogP contribution in [-0.4, -0.2) is 43.9 Å². The molecule has 2 aliphatic heterocycles. The topological polar surface area (TPSA) is 58.4 Å². The minimum absolute atomic E-state index is 0.101. The molecule has 1 aromatic rings. The molecule has 19 heavy (non-hydrogen) atoms. The predicted molar refractivity (Wildman–Crippen MR) is 70.8 cm³/mol. The molecular weight excluding hydrogens is 242 g/mol. The lowest BCUT2D eigenvalue weighted by atomic mass is 9.98. The molecule has 0 saturated carbocycles. The highest BCUT2D eigenvalue weighted by Gasteiger charge is 2.43. The Morgan fingerprint density at radius 3 is 2.63 bits per heavy atom. The molecule has 3 heterocycles. The molecule has 5 nitrogen and oxygen atoms in total. The third-order valence-corrected chi connectivity index (χ3v) is 4.41. The minimum Gasteiger partial charge on any atom is -0.393 e. The first kappa shape index (κ1) is 12.7. The fraction of sp³-hybridized carbons (Fsp3) is 0.714. The van der Waals surface area contributed by atoms with E-state index in [1.54, 1.807) is 4.68 Å². The van der Waals surface area contributed by atoms with Crippen LogP contribution in [0.15, 0.2) is 6.20 Å². The maximum atomic E-state index is 12.8. The summed E-state index contributed by atoms with van der Waals surface area (Å²) in [4.78, 5) is 14.8. The molecule has 1 aromatic heterocycles. The second kappa shape index (κ2) is 4.63. The second-order valence-corrected chi connectivity index (χ2v) is 5.74. The van der Waals surface area contributed by atoms with Gasteiger partial charge in [-0.1, -0.05) is 6.92 Å². The quantitative estimate of drug-likeness (QED) is 0.869. The van der Waals surface area contributed by atoms with E-state index in [2.05, 4.69) is 5.10 Å². The third kappa shape index (κ3) is 2.06. The number of carbonyl (C=O) groups is 1. The van der Waals surface area contributed by atoms with Gasteiger partial charge in [0.05, 0.1) is 17.4 Å². The molecule has 104 valence electrons. The Hall–Kier alpha value is -1.36. The molecule has 0 spiro atoms. The van der Waals surface area contributed by atoms with Crippen molar-refractivity contribution >= 4 is 5.91 Å². The van der Waals surface area contributed by atoms with E-state index < -0.39 is 0 Å². The Balaban J connectivity index is 1.88. The minimum atomic E-state index is -0.235. The number of aliphatic hydroxyl groups is 1. The maximum Gasteiger partial charge on any atom is 0.257 e. The Kier molecular flexibility index (Phi) is 3.09. The summed E-state index contributed by atoms with van der Waals surface area (Å²) in [5.41, 5.74) is 1.61. The van der Waals surface area contributed by atoms with E-state index in [4.69, 9.17) is 0 Å². The summed E-state index contributed by atoms with van der Waals surface area (Å²) >= 11 is 0. The normalized spacial score (nSPS) is 29.8. The lowest BCUT2D eigenvalue weighted by Crippen LogP contribution is -2.48. The van der Waals surface area contributed by atoms with Crippen molar-refractivity contribution in [2.45, 2.75) is 57.2 Å². The first-order chi connectivity index (χ1) is 9.10. The Morgan fingerprint density at radius 1 is 1.42 bits per heavy atom. The van der Waals surface area contributed by atoms with Gasteiger partial charge in [-0.3, -0.25) is 9.48 Å². The van der Waals surface area contributed by atoms with Crippen molar-refractivity contribution in [3.63, 3.8) is 0 Å². The van der Waals surface area contributed by atoms with Crippen molar-refractivity contribution in [3.8, 4) is 0 Å². The largest absolute Gasteiger partial charge is 0.393 e. The van der Waals surface area contributed by atoms with Gasteiger partial charge < -0.3 is 10.0 Å². The van der Waals surface area contributed by atoms with Crippen LogP contribution >= 0.6 is 0 Å². The van der Waals surface area contributed by atoms with Gasteiger partial charge in [0.2, 0.25) is 0 Å².